The van der Waals surface area contributed by atoms with Crippen LogP contribution in [-0.2, 0) is 30.0 Å². The minimum Gasteiger partial charge on any atom is -0.268 e. The average molecular weight is 337 g/mol. The van der Waals surface area contributed by atoms with Crippen LogP contribution in [0.25, 0.3) is 0 Å². The number of aromatic nitrogens is 2. The highest BCUT2D eigenvalue weighted by atomic mass is 32.2. The Morgan fingerprint density at radius 2 is 1.96 bits per heavy atom. The molecule has 23 heavy (non-hydrogen) atoms. The molecule has 3 rings (SSSR count). The predicted octanol–water partition coefficient (Wildman–Crippen LogP) is 0.975. The third kappa shape index (κ3) is 2.91. The van der Waals surface area contributed by atoms with E-state index in [1.54, 1.807) is 14.0 Å². The quantitative estimate of drug-likeness (QED) is 0.819. The summed E-state index contributed by atoms with van der Waals surface area (Å²) in [5.74, 6) is -0.587. The van der Waals surface area contributed by atoms with Gasteiger partial charge in [-0.25, -0.2) is 17.5 Å². The van der Waals surface area contributed by atoms with E-state index in [4.69, 9.17) is 0 Å². The van der Waals surface area contributed by atoms with E-state index in [0.717, 1.165) is 6.07 Å². The van der Waals surface area contributed by atoms with Crippen molar-refractivity contribution in [2.75, 3.05) is 6.54 Å². The second kappa shape index (κ2) is 5.54. The Kier molecular flexibility index (Phi) is 3.81. The molecule has 0 radical (unpaired) electrons. The fourth-order valence-electron chi connectivity index (χ4n) is 2.67. The maximum absolute atomic E-state index is 13.5. The Hall–Kier alpha value is -2.06. The fourth-order valence-corrected chi connectivity index (χ4v) is 4.21. The molecule has 0 saturated carbocycles. The van der Waals surface area contributed by atoms with Crippen molar-refractivity contribution in [3.05, 3.63) is 57.3 Å². The molecular weight excluding hydrogens is 321 g/mol. The van der Waals surface area contributed by atoms with Crippen LogP contribution in [0.5, 0.6) is 0 Å². The lowest BCUT2D eigenvalue weighted by molar-refractivity contribution is 0.382. The van der Waals surface area contributed by atoms with Crippen LogP contribution in [0.1, 0.15) is 16.8 Å². The lowest BCUT2D eigenvalue weighted by Crippen LogP contribution is -2.38. The minimum absolute atomic E-state index is 0.0658. The van der Waals surface area contributed by atoms with E-state index in [-0.39, 0.29) is 23.5 Å². The third-order valence-electron chi connectivity index (χ3n) is 3.86. The van der Waals surface area contributed by atoms with Crippen molar-refractivity contribution in [2.24, 2.45) is 7.05 Å². The number of nitrogens with zero attached hydrogens (tertiary/aromatic N) is 3. The van der Waals surface area contributed by atoms with Gasteiger partial charge in [0.25, 0.3) is 5.56 Å². The van der Waals surface area contributed by atoms with Crippen LogP contribution >= 0.6 is 0 Å². The number of fused-ring (bicyclic) bond motifs is 1. The van der Waals surface area contributed by atoms with Crippen molar-refractivity contribution >= 4 is 10.0 Å². The third-order valence-corrected chi connectivity index (χ3v) is 5.68. The standard InChI is InChI=1S/C15H16FN3O3S/c1-10-5-12(16)8-13(6-10)23(21,22)19-4-3-14-11(9-19)7-15(20)18(2)17-14/h5-8H,3-4,9H2,1-2H3. The lowest BCUT2D eigenvalue weighted by atomic mass is 10.1. The van der Waals surface area contributed by atoms with Gasteiger partial charge in [0.05, 0.1) is 10.6 Å². The van der Waals surface area contributed by atoms with Crippen LogP contribution < -0.4 is 5.56 Å². The second-order valence-electron chi connectivity index (χ2n) is 5.63. The fraction of sp³-hybridized carbons (Fsp3) is 0.333. The summed E-state index contributed by atoms with van der Waals surface area (Å²) in [4.78, 5) is 11.6. The van der Waals surface area contributed by atoms with Gasteiger partial charge in [-0.2, -0.15) is 9.40 Å². The van der Waals surface area contributed by atoms with Gasteiger partial charge in [0.2, 0.25) is 10.0 Å². The van der Waals surface area contributed by atoms with E-state index in [1.165, 1.54) is 27.2 Å². The van der Waals surface area contributed by atoms with Crippen molar-refractivity contribution in [2.45, 2.75) is 24.8 Å². The number of sulfonamides is 1. The summed E-state index contributed by atoms with van der Waals surface area (Å²) in [6, 6.07) is 5.13. The molecule has 0 atom stereocenters. The van der Waals surface area contributed by atoms with Crippen LogP contribution in [0.15, 0.2) is 34.0 Å². The number of benzene rings is 1. The summed E-state index contributed by atoms with van der Waals surface area (Å²) in [5, 5.41) is 4.15. The summed E-state index contributed by atoms with van der Waals surface area (Å²) >= 11 is 0. The van der Waals surface area contributed by atoms with Gasteiger partial charge in [0.1, 0.15) is 5.82 Å². The smallest absolute Gasteiger partial charge is 0.266 e. The number of rotatable bonds is 2. The van der Waals surface area contributed by atoms with E-state index in [1.807, 2.05) is 0 Å². The molecular formula is C15H16FN3O3S. The molecule has 2 heterocycles. The van der Waals surface area contributed by atoms with Gasteiger partial charge >= 0.3 is 0 Å². The average Bonchev–Trinajstić information content (AvgIpc) is 2.47. The van der Waals surface area contributed by atoms with Crippen LogP contribution in [0.4, 0.5) is 4.39 Å². The maximum atomic E-state index is 13.5. The molecule has 1 aliphatic heterocycles. The normalized spacial score (nSPS) is 15.4. The van der Waals surface area contributed by atoms with Gasteiger partial charge in [-0.15, -0.1) is 0 Å². The topological polar surface area (TPSA) is 72.3 Å². The number of hydrogen-bond acceptors (Lipinski definition) is 4. The summed E-state index contributed by atoms with van der Waals surface area (Å²) in [5.41, 5.74) is 1.56. The van der Waals surface area contributed by atoms with Gasteiger partial charge < -0.3 is 0 Å². The molecule has 1 aromatic carbocycles. The van der Waals surface area contributed by atoms with Gasteiger partial charge in [0.15, 0.2) is 0 Å². The zero-order valence-electron chi connectivity index (χ0n) is 12.8. The lowest BCUT2D eigenvalue weighted by Gasteiger charge is -2.27. The number of aryl methyl sites for hydroxylation is 2. The summed E-state index contributed by atoms with van der Waals surface area (Å²) in [6.07, 6.45) is 0.414. The van der Waals surface area contributed by atoms with E-state index >= 15 is 0 Å². The van der Waals surface area contributed by atoms with E-state index in [0.29, 0.717) is 23.2 Å². The van der Waals surface area contributed by atoms with Gasteiger partial charge in [-0.1, -0.05) is 0 Å². The minimum atomic E-state index is -3.82. The Balaban J connectivity index is 1.99. The van der Waals surface area contributed by atoms with Gasteiger partial charge in [-0.3, -0.25) is 4.79 Å². The van der Waals surface area contributed by atoms with Gasteiger partial charge in [-0.05, 0) is 36.2 Å². The molecule has 6 nitrogen and oxygen atoms in total. The summed E-state index contributed by atoms with van der Waals surface area (Å²) in [6.45, 7) is 1.95. The molecule has 122 valence electrons. The summed E-state index contributed by atoms with van der Waals surface area (Å²) in [7, 11) is -2.26. The van der Waals surface area contributed by atoms with Crippen LogP contribution in [-0.4, -0.2) is 29.0 Å². The van der Waals surface area contributed by atoms with E-state index < -0.39 is 15.8 Å². The SMILES string of the molecule is Cc1cc(F)cc(S(=O)(=O)N2CCc3nn(C)c(=O)cc3C2)c1. The van der Waals surface area contributed by atoms with E-state index in [2.05, 4.69) is 5.10 Å². The molecule has 0 unspecified atom stereocenters. The Morgan fingerprint density at radius 3 is 2.65 bits per heavy atom. The van der Waals surface area contributed by atoms with Crippen molar-refractivity contribution in [3.63, 3.8) is 0 Å². The molecule has 2 aromatic rings. The highest BCUT2D eigenvalue weighted by Gasteiger charge is 2.29. The van der Waals surface area contributed by atoms with Crippen LogP contribution in [0, 0.1) is 12.7 Å². The zero-order chi connectivity index (χ0) is 16.8. The highest BCUT2D eigenvalue weighted by Crippen LogP contribution is 2.24. The molecule has 0 fully saturated rings. The highest BCUT2D eigenvalue weighted by molar-refractivity contribution is 7.89. The first-order chi connectivity index (χ1) is 10.8. The Labute approximate surface area is 133 Å². The largest absolute Gasteiger partial charge is 0.268 e. The summed E-state index contributed by atoms with van der Waals surface area (Å²) < 4.78 is 41.4. The first-order valence-corrected chi connectivity index (χ1v) is 8.55. The van der Waals surface area contributed by atoms with Crippen molar-refractivity contribution in [1.29, 1.82) is 0 Å². The monoisotopic (exact) mass is 337 g/mol. The first kappa shape index (κ1) is 15.8. The molecule has 0 aliphatic carbocycles. The van der Waals surface area contributed by atoms with Gasteiger partial charge in [0, 0.05) is 32.6 Å². The molecule has 0 bridgehead atoms. The Morgan fingerprint density at radius 1 is 1.22 bits per heavy atom. The number of hydrogen-bond donors (Lipinski definition) is 0. The first-order valence-electron chi connectivity index (χ1n) is 7.11. The predicted molar refractivity (Wildman–Crippen MR) is 81.9 cm³/mol. The molecule has 0 spiro atoms. The molecule has 1 aliphatic rings. The van der Waals surface area contributed by atoms with Crippen LogP contribution in [0.3, 0.4) is 0 Å². The molecule has 0 amide bonds. The van der Waals surface area contributed by atoms with Crippen molar-refractivity contribution in [3.8, 4) is 0 Å². The van der Waals surface area contributed by atoms with Crippen molar-refractivity contribution < 1.29 is 12.8 Å². The molecule has 0 N–H and O–H groups in total. The molecule has 1 aromatic heterocycles. The van der Waals surface area contributed by atoms with Crippen molar-refractivity contribution in [1.82, 2.24) is 14.1 Å². The second-order valence-corrected chi connectivity index (χ2v) is 7.57. The Bertz CT molecular complexity index is 917. The van der Waals surface area contributed by atoms with E-state index in [9.17, 15) is 17.6 Å². The van der Waals surface area contributed by atoms with Crippen LogP contribution in [0.2, 0.25) is 0 Å². The number of halogens is 1. The molecule has 8 heteroatoms. The maximum Gasteiger partial charge on any atom is 0.266 e. The molecule has 0 saturated heterocycles. The zero-order valence-corrected chi connectivity index (χ0v) is 13.6.